The van der Waals surface area contributed by atoms with E-state index in [1.54, 1.807) is 0 Å². The molecule has 3 heterocycles. The van der Waals surface area contributed by atoms with Crippen molar-refractivity contribution in [3.63, 3.8) is 0 Å². The number of hydrogen-bond donors (Lipinski definition) is 0. The van der Waals surface area contributed by atoms with Crippen molar-refractivity contribution in [1.82, 2.24) is 14.5 Å². The van der Waals surface area contributed by atoms with E-state index in [2.05, 4.69) is 134 Å². The van der Waals surface area contributed by atoms with Crippen LogP contribution in [0.5, 0.6) is 0 Å². The van der Waals surface area contributed by atoms with Gasteiger partial charge in [-0.15, -0.1) is 0 Å². The van der Waals surface area contributed by atoms with Crippen LogP contribution in [-0.2, 0) is 5.41 Å². The van der Waals surface area contributed by atoms with E-state index < -0.39 is 0 Å². The SMILES string of the molecule is CC1(C)c2ccccc2-c2cc(-c3ccc4c(c3)c3cccc5c3n4-c3nc4ccccc4nc3-c3ccccc3-5)ccc21. The lowest BCUT2D eigenvalue weighted by atomic mass is 9.82. The first-order valence-electron chi connectivity index (χ1n) is 15.3. The highest BCUT2D eigenvalue weighted by atomic mass is 15.1. The molecule has 0 amide bonds. The first-order valence-corrected chi connectivity index (χ1v) is 15.3. The fraction of sp³-hybridized carbons (Fsp3) is 0.0732. The van der Waals surface area contributed by atoms with E-state index in [1.807, 2.05) is 12.1 Å². The van der Waals surface area contributed by atoms with E-state index in [0.29, 0.717) is 0 Å². The predicted molar refractivity (Wildman–Crippen MR) is 181 cm³/mol. The lowest BCUT2D eigenvalue weighted by Gasteiger charge is -2.21. The van der Waals surface area contributed by atoms with E-state index in [-0.39, 0.29) is 5.41 Å². The average molecular weight is 562 g/mol. The van der Waals surface area contributed by atoms with Gasteiger partial charge < -0.3 is 0 Å². The van der Waals surface area contributed by atoms with E-state index in [9.17, 15) is 0 Å². The molecule has 0 radical (unpaired) electrons. The minimum Gasteiger partial charge on any atom is -0.291 e. The van der Waals surface area contributed by atoms with Crippen LogP contribution in [0.2, 0.25) is 0 Å². The minimum atomic E-state index is 0.000878. The first-order chi connectivity index (χ1) is 21.6. The third kappa shape index (κ3) is 3.01. The predicted octanol–water partition coefficient (Wildman–Crippen LogP) is 10.3. The summed E-state index contributed by atoms with van der Waals surface area (Å²) in [5, 5.41) is 2.45. The van der Waals surface area contributed by atoms with Gasteiger partial charge in [0, 0.05) is 27.3 Å². The number of fused-ring (bicyclic) bond motifs is 12. The lowest BCUT2D eigenvalue weighted by molar-refractivity contribution is 0.660. The molecule has 1 aliphatic heterocycles. The van der Waals surface area contributed by atoms with E-state index >= 15 is 0 Å². The molecule has 0 saturated heterocycles. The fourth-order valence-corrected chi connectivity index (χ4v) is 7.84. The molecule has 8 aromatic rings. The van der Waals surface area contributed by atoms with Gasteiger partial charge >= 0.3 is 0 Å². The average Bonchev–Trinajstić information content (AvgIpc) is 3.47. The van der Waals surface area contributed by atoms with Gasteiger partial charge in [-0.3, -0.25) is 4.57 Å². The summed E-state index contributed by atoms with van der Waals surface area (Å²) in [5.74, 6) is 0.880. The Labute approximate surface area is 255 Å². The van der Waals surface area contributed by atoms with Gasteiger partial charge in [0.1, 0.15) is 5.69 Å². The van der Waals surface area contributed by atoms with Crippen LogP contribution >= 0.6 is 0 Å². The monoisotopic (exact) mass is 561 g/mol. The molecule has 3 nitrogen and oxygen atoms in total. The molecule has 44 heavy (non-hydrogen) atoms. The topological polar surface area (TPSA) is 30.7 Å². The van der Waals surface area contributed by atoms with Crippen LogP contribution in [0.25, 0.3) is 83.3 Å². The van der Waals surface area contributed by atoms with Crippen LogP contribution in [0.15, 0.2) is 127 Å². The highest BCUT2D eigenvalue weighted by Crippen LogP contribution is 2.50. The molecule has 6 aromatic carbocycles. The molecule has 3 heteroatoms. The summed E-state index contributed by atoms with van der Waals surface area (Å²) in [6, 6.07) is 46.3. The number of rotatable bonds is 1. The second kappa shape index (κ2) is 8.30. The molecule has 0 saturated carbocycles. The first kappa shape index (κ1) is 24.0. The van der Waals surface area contributed by atoms with Gasteiger partial charge in [-0.05, 0) is 69.3 Å². The van der Waals surface area contributed by atoms with Crippen molar-refractivity contribution in [1.29, 1.82) is 0 Å². The molecule has 2 aromatic heterocycles. The third-order valence-corrected chi connectivity index (χ3v) is 9.94. The summed E-state index contributed by atoms with van der Waals surface area (Å²) in [7, 11) is 0. The Morgan fingerprint density at radius 1 is 0.500 bits per heavy atom. The molecule has 0 unspecified atom stereocenters. The summed E-state index contributed by atoms with van der Waals surface area (Å²) in [5.41, 5.74) is 16.5. The zero-order valence-corrected chi connectivity index (χ0v) is 24.5. The summed E-state index contributed by atoms with van der Waals surface area (Å²) >= 11 is 0. The van der Waals surface area contributed by atoms with Crippen molar-refractivity contribution in [2.45, 2.75) is 19.3 Å². The molecule has 206 valence electrons. The summed E-state index contributed by atoms with van der Waals surface area (Å²) in [6.07, 6.45) is 0. The van der Waals surface area contributed by atoms with Crippen molar-refractivity contribution in [3.05, 3.63) is 139 Å². The Morgan fingerprint density at radius 2 is 1.16 bits per heavy atom. The van der Waals surface area contributed by atoms with E-state index in [1.165, 1.54) is 60.8 Å². The van der Waals surface area contributed by atoms with Gasteiger partial charge in [0.25, 0.3) is 0 Å². The molecule has 10 rings (SSSR count). The zero-order valence-electron chi connectivity index (χ0n) is 24.5. The van der Waals surface area contributed by atoms with Crippen LogP contribution < -0.4 is 0 Å². The standard InChI is InChI=1S/C41H27N3/c1-41(2)33-15-6-5-11-27(33)31-22-24(18-20-34(31)41)25-19-21-37-32(23-25)30-14-9-13-29-26-10-3-4-12-28(26)38-40(44(37)39(29)30)43-36-17-8-7-16-35(36)42-38/h3-23H,1-2H3. The number of nitrogens with zero attached hydrogens (tertiary/aromatic N) is 3. The summed E-state index contributed by atoms with van der Waals surface area (Å²) in [6.45, 7) is 4.67. The Balaban J connectivity index is 1.26. The molecule has 2 aliphatic rings. The highest BCUT2D eigenvalue weighted by molar-refractivity contribution is 6.17. The molecule has 1 aliphatic carbocycles. The Morgan fingerprint density at radius 3 is 2.02 bits per heavy atom. The molecule has 0 fully saturated rings. The fourth-order valence-electron chi connectivity index (χ4n) is 7.84. The van der Waals surface area contributed by atoms with Crippen molar-refractivity contribution < 1.29 is 0 Å². The maximum absolute atomic E-state index is 5.28. The summed E-state index contributed by atoms with van der Waals surface area (Å²) < 4.78 is 2.35. The normalized spacial score (nSPS) is 13.9. The molecule has 0 atom stereocenters. The van der Waals surface area contributed by atoms with Gasteiger partial charge in [0.05, 0.1) is 22.1 Å². The Hall–Kier alpha value is -5.54. The van der Waals surface area contributed by atoms with Crippen molar-refractivity contribution in [3.8, 4) is 50.5 Å². The molecular weight excluding hydrogens is 534 g/mol. The Bertz CT molecular complexity index is 2530. The van der Waals surface area contributed by atoms with Crippen LogP contribution in [0.3, 0.4) is 0 Å². The molecule has 0 N–H and O–H groups in total. The third-order valence-electron chi connectivity index (χ3n) is 9.94. The van der Waals surface area contributed by atoms with Gasteiger partial charge in [0.15, 0.2) is 5.82 Å². The smallest absolute Gasteiger partial charge is 0.165 e. The molecule has 0 bridgehead atoms. The van der Waals surface area contributed by atoms with Gasteiger partial charge in [0.2, 0.25) is 0 Å². The largest absolute Gasteiger partial charge is 0.291 e. The van der Waals surface area contributed by atoms with Gasteiger partial charge in [-0.2, -0.15) is 0 Å². The van der Waals surface area contributed by atoms with Gasteiger partial charge in [-0.1, -0.05) is 111 Å². The Kier molecular flexibility index (Phi) is 4.52. The van der Waals surface area contributed by atoms with Crippen LogP contribution in [0.1, 0.15) is 25.0 Å². The van der Waals surface area contributed by atoms with E-state index in [0.717, 1.165) is 33.6 Å². The minimum absolute atomic E-state index is 0.000878. The lowest BCUT2D eigenvalue weighted by Crippen LogP contribution is -2.14. The zero-order chi connectivity index (χ0) is 29.2. The van der Waals surface area contributed by atoms with Crippen LogP contribution in [0, 0.1) is 0 Å². The maximum atomic E-state index is 5.28. The van der Waals surface area contributed by atoms with Gasteiger partial charge in [-0.25, -0.2) is 9.97 Å². The molecule has 0 spiro atoms. The van der Waals surface area contributed by atoms with Crippen LogP contribution in [-0.4, -0.2) is 14.5 Å². The maximum Gasteiger partial charge on any atom is 0.165 e. The number of aromatic nitrogens is 3. The molecular formula is C41H27N3. The van der Waals surface area contributed by atoms with E-state index in [4.69, 9.17) is 9.97 Å². The second-order valence-corrected chi connectivity index (χ2v) is 12.6. The van der Waals surface area contributed by atoms with Crippen molar-refractivity contribution in [2.75, 3.05) is 0 Å². The second-order valence-electron chi connectivity index (χ2n) is 12.6. The number of para-hydroxylation sites is 3. The quantitative estimate of drug-likeness (QED) is 0.200. The number of benzene rings is 6. The highest BCUT2D eigenvalue weighted by Gasteiger charge is 2.35. The van der Waals surface area contributed by atoms with Crippen LogP contribution in [0.4, 0.5) is 0 Å². The summed E-state index contributed by atoms with van der Waals surface area (Å²) in [4.78, 5) is 10.5. The number of hydrogen-bond acceptors (Lipinski definition) is 2. The van der Waals surface area contributed by atoms with Crippen molar-refractivity contribution >= 4 is 32.8 Å². The van der Waals surface area contributed by atoms with Crippen molar-refractivity contribution in [2.24, 2.45) is 0 Å².